The van der Waals surface area contributed by atoms with Crippen LogP contribution >= 0.6 is 11.6 Å². The number of benzene rings is 1. The van der Waals surface area contributed by atoms with Crippen LogP contribution in [-0.4, -0.2) is 11.7 Å². The zero-order valence-corrected chi connectivity index (χ0v) is 7.31. The minimum absolute atomic E-state index is 0.0750. The van der Waals surface area contributed by atoms with Gasteiger partial charge in [0.05, 0.1) is 23.1 Å². The van der Waals surface area contributed by atoms with Gasteiger partial charge in [0.25, 0.3) is 0 Å². The highest BCUT2D eigenvalue weighted by Gasteiger charge is 2.10. The van der Waals surface area contributed by atoms with Crippen LogP contribution in [0.4, 0.5) is 4.39 Å². The highest BCUT2D eigenvalue weighted by atomic mass is 35.5. The number of alkyl halides is 1. The lowest BCUT2D eigenvalue weighted by Gasteiger charge is -1.98. The summed E-state index contributed by atoms with van der Waals surface area (Å²) >= 11 is 5.25. The second kappa shape index (κ2) is 4.01. The van der Waals surface area contributed by atoms with Crippen molar-refractivity contribution >= 4 is 17.4 Å². The Hall–Kier alpha value is -1.40. The zero-order valence-electron chi connectivity index (χ0n) is 6.55. The standard InChI is InChI=1S/C9H5ClFNO/c10-4-9(13)7-2-1-6(5-12)3-8(7)11/h1-3H,4H2. The molecule has 4 heteroatoms. The van der Waals surface area contributed by atoms with Crippen molar-refractivity contribution in [2.45, 2.75) is 0 Å². The van der Waals surface area contributed by atoms with Crippen molar-refractivity contribution < 1.29 is 9.18 Å². The van der Waals surface area contributed by atoms with E-state index in [1.54, 1.807) is 6.07 Å². The van der Waals surface area contributed by atoms with Crippen LogP contribution in [0.25, 0.3) is 0 Å². The van der Waals surface area contributed by atoms with Crippen LogP contribution in [0.1, 0.15) is 15.9 Å². The molecule has 1 rings (SSSR count). The predicted molar refractivity (Wildman–Crippen MR) is 46.2 cm³/mol. The fourth-order valence-corrected chi connectivity index (χ4v) is 1.03. The van der Waals surface area contributed by atoms with E-state index >= 15 is 0 Å². The Kier molecular flexibility index (Phi) is 2.99. The van der Waals surface area contributed by atoms with Crippen LogP contribution in [0.15, 0.2) is 18.2 Å². The van der Waals surface area contributed by atoms with Gasteiger partial charge in [0, 0.05) is 0 Å². The molecule has 0 spiro atoms. The highest BCUT2D eigenvalue weighted by Crippen LogP contribution is 2.11. The molecule has 0 saturated heterocycles. The van der Waals surface area contributed by atoms with E-state index in [1.165, 1.54) is 12.1 Å². The van der Waals surface area contributed by atoms with Crippen LogP contribution in [0, 0.1) is 17.1 Å². The van der Waals surface area contributed by atoms with E-state index in [-0.39, 0.29) is 17.0 Å². The van der Waals surface area contributed by atoms with Gasteiger partial charge in [0.1, 0.15) is 5.82 Å². The maximum Gasteiger partial charge on any atom is 0.180 e. The lowest BCUT2D eigenvalue weighted by Crippen LogP contribution is -2.03. The molecule has 0 bridgehead atoms. The summed E-state index contributed by atoms with van der Waals surface area (Å²) in [6.07, 6.45) is 0. The van der Waals surface area contributed by atoms with Gasteiger partial charge in [-0.25, -0.2) is 4.39 Å². The average Bonchev–Trinajstić information content (AvgIpc) is 2.16. The van der Waals surface area contributed by atoms with Crippen molar-refractivity contribution in [3.63, 3.8) is 0 Å². The fraction of sp³-hybridized carbons (Fsp3) is 0.111. The number of ketones is 1. The van der Waals surface area contributed by atoms with E-state index in [0.29, 0.717) is 0 Å². The summed E-state index contributed by atoms with van der Waals surface area (Å²) in [4.78, 5) is 11.0. The van der Waals surface area contributed by atoms with Crippen molar-refractivity contribution in [2.75, 3.05) is 5.88 Å². The molecule has 0 radical (unpaired) electrons. The van der Waals surface area contributed by atoms with Gasteiger partial charge in [-0.3, -0.25) is 4.79 Å². The molecule has 0 aliphatic carbocycles. The first-order chi connectivity index (χ1) is 6.19. The summed E-state index contributed by atoms with van der Waals surface area (Å²) < 4.78 is 13.0. The van der Waals surface area contributed by atoms with E-state index < -0.39 is 11.6 Å². The third-order valence-corrected chi connectivity index (χ3v) is 1.76. The second-order valence-corrected chi connectivity index (χ2v) is 2.63. The summed E-state index contributed by atoms with van der Waals surface area (Å²) in [5.41, 5.74) is 0.109. The number of hydrogen-bond donors (Lipinski definition) is 0. The number of halogens is 2. The molecule has 13 heavy (non-hydrogen) atoms. The Morgan fingerprint density at radius 3 is 2.77 bits per heavy atom. The minimum Gasteiger partial charge on any atom is -0.293 e. The molecule has 0 fully saturated rings. The van der Waals surface area contributed by atoms with E-state index in [2.05, 4.69) is 0 Å². The summed E-state index contributed by atoms with van der Waals surface area (Å²) in [7, 11) is 0. The Balaban J connectivity index is 3.14. The Morgan fingerprint density at radius 1 is 1.62 bits per heavy atom. The molecule has 0 atom stereocenters. The maximum absolute atomic E-state index is 13.0. The van der Waals surface area contributed by atoms with Crippen molar-refractivity contribution in [3.05, 3.63) is 35.1 Å². The Morgan fingerprint density at radius 2 is 2.31 bits per heavy atom. The lowest BCUT2D eigenvalue weighted by atomic mass is 10.1. The van der Waals surface area contributed by atoms with Gasteiger partial charge in [-0.05, 0) is 18.2 Å². The normalized spacial score (nSPS) is 9.31. The fourth-order valence-electron chi connectivity index (χ4n) is 0.883. The molecule has 66 valence electrons. The van der Waals surface area contributed by atoms with Crippen molar-refractivity contribution in [1.82, 2.24) is 0 Å². The molecule has 0 amide bonds. The van der Waals surface area contributed by atoms with Crippen LogP contribution < -0.4 is 0 Å². The van der Waals surface area contributed by atoms with E-state index in [0.717, 1.165) is 6.07 Å². The van der Waals surface area contributed by atoms with E-state index in [1.807, 2.05) is 0 Å². The van der Waals surface area contributed by atoms with Crippen LogP contribution in [0.3, 0.4) is 0 Å². The van der Waals surface area contributed by atoms with Gasteiger partial charge in [-0.2, -0.15) is 5.26 Å². The number of hydrogen-bond acceptors (Lipinski definition) is 2. The predicted octanol–water partition coefficient (Wildman–Crippen LogP) is 2.12. The van der Waals surface area contributed by atoms with Crippen molar-refractivity contribution in [1.29, 1.82) is 5.26 Å². The SMILES string of the molecule is N#Cc1ccc(C(=O)CCl)c(F)c1. The summed E-state index contributed by atoms with van der Waals surface area (Å²) in [6, 6.07) is 5.42. The topological polar surface area (TPSA) is 40.9 Å². The van der Waals surface area contributed by atoms with E-state index in [9.17, 15) is 9.18 Å². The van der Waals surface area contributed by atoms with Crippen LogP contribution in [0.2, 0.25) is 0 Å². The highest BCUT2D eigenvalue weighted by molar-refractivity contribution is 6.30. The molecule has 0 unspecified atom stereocenters. The molecule has 0 aromatic heterocycles. The minimum atomic E-state index is -0.704. The third-order valence-electron chi connectivity index (χ3n) is 1.52. The Labute approximate surface area is 79.5 Å². The average molecular weight is 198 g/mol. The van der Waals surface area contributed by atoms with Crippen LogP contribution in [0.5, 0.6) is 0 Å². The van der Waals surface area contributed by atoms with Gasteiger partial charge in [0.15, 0.2) is 5.78 Å². The molecule has 1 aromatic carbocycles. The molecule has 2 nitrogen and oxygen atoms in total. The molecule has 0 saturated carbocycles. The number of carbonyl (C=O) groups is 1. The molecule has 0 aliphatic heterocycles. The maximum atomic E-state index is 13.0. The summed E-state index contributed by atoms with van der Waals surface area (Å²) in [5.74, 6) is -1.45. The zero-order chi connectivity index (χ0) is 9.84. The number of carbonyl (C=O) groups excluding carboxylic acids is 1. The van der Waals surface area contributed by atoms with Crippen molar-refractivity contribution in [2.24, 2.45) is 0 Å². The molecule has 0 heterocycles. The summed E-state index contributed by atoms with van der Waals surface area (Å²) in [5, 5.41) is 8.42. The lowest BCUT2D eigenvalue weighted by molar-refractivity contribution is 0.101. The van der Waals surface area contributed by atoms with Crippen molar-refractivity contribution in [3.8, 4) is 6.07 Å². The van der Waals surface area contributed by atoms with Gasteiger partial charge in [-0.15, -0.1) is 11.6 Å². The van der Waals surface area contributed by atoms with Gasteiger partial charge >= 0.3 is 0 Å². The summed E-state index contributed by atoms with van der Waals surface area (Å²) in [6.45, 7) is 0. The second-order valence-electron chi connectivity index (χ2n) is 2.36. The molecule has 0 N–H and O–H groups in total. The Bertz CT molecular complexity index is 384. The first-order valence-corrected chi connectivity index (χ1v) is 4.01. The number of Topliss-reactive ketones (excluding diaryl/α,β-unsaturated/α-hetero) is 1. The van der Waals surface area contributed by atoms with Gasteiger partial charge in [-0.1, -0.05) is 0 Å². The molecule has 1 aromatic rings. The molecule has 0 aliphatic rings. The number of rotatable bonds is 2. The first kappa shape index (κ1) is 9.69. The molecular formula is C9H5ClFNO. The van der Waals surface area contributed by atoms with E-state index in [4.69, 9.17) is 16.9 Å². The first-order valence-electron chi connectivity index (χ1n) is 3.48. The number of nitriles is 1. The largest absolute Gasteiger partial charge is 0.293 e. The molecular weight excluding hydrogens is 193 g/mol. The third kappa shape index (κ3) is 2.04. The van der Waals surface area contributed by atoms with Gasteiger partial charge < -0.3 is 0 Å². The monoisotopic (exact) mass is 197 g/mol. The van der Waals surface area contributed by atoms with Crippen LogP contribution in [-0.2, 0) is 0 Å². The van der Waals surface area contributed by atoms with Gasteiger partial charge in [0.2, 0.25) is 0 Å². The smallest absolute Gasteiger partial charge is 0.180 e. The number of nitrogens with zero attached hydrogens (tertiary/aromatic N) is 1. The quantitative estimate of drug-likeness (QED) is 0.538.